The number of nitrogens with two attached hydrogens (primary N) is 1. The molecule has 2 aromatic carbocycles. The van der Waals surface area contributed by atoms with Gasteiger partial charge in [0.15, 0.2) is 0 Å². The van der Waals surface area contributed by atoms with Crippen LogP contribution in [0.15, 0.2) is 48.5 Å². The lowest BCUT2D eigenvalue weighted by Crippen LogP contribution is -2.31. The molecular weight excluding hydrogens is 282 g/mol. The van der Waals surface area contributed by atoms with E-state index in [2.05, 4.69) is 5.32 Å². The Labute approximate surface area is 129 Å². The maximum absolute atomic E-state index is 12.2. The minimum Gasteiger partial charge on any atom is -0.389 e. The highest BCUT2D eigenvalue weighted by molar-refractivity contribution is 7.80. The second-order valence-electron chi connectivity index (χ2n) is 4.77. The summed E-state index contributed by atoms with van der Waals surface area (Å²) in [5, 5.41) is 2.85. The molecule has 0 fully saturated rings. The number of carbonyl (C=O) groups is 1. The topological polar surface area (TPSA) is 58.4 Å². The molecule has 0 atom stereocenters. The standard InChI is InChI=1S/C16H17N3OS/c1-11-4-3-5-13(10-11)18-16(20)19(2)14-8-6-12(7-9-14)15(17)21/h3-10H,1-2H3,(H2,17,21)(H,18,20). The highest BCUT2D eigenvalue weighted by atomic mass is 32.1. The normalized spacial score (nSPS) is 10.0. The monoisotopic (exact) mass is 299 g/mol. The van der Waals surface area contributed by atoms with E-state index in [4.69, 9.17) is 18.0 Å². The second-order valence-corrected chi connectivity index (χ2v) is 5.21. The Hall–Kier alpha value is -2.40. The van der Waals surface area contributed by atoms with Gasteiger partial charge in [0.25, 0.3) is 0 Å². The lowest BCUT2D eigenvalue weighted by atomic mass is 10.2. The molecule has 2 aromatic rings. The van der Waals surface area contributed by atoms with Crippen LogP contribution in [-0.2, 0) is 0 Å². The Bertz CT molecular complexity index is 667. The van der Waals surface area contributed by atoms with Crippen LogP contribution in [0.3, 0.4) is 0 Å². The fraction of sp³-hybridized carbons (Fsp3) is 0.125. The number of hydrogen-bond donors (Lipinski definition) is 2. The Morgan fingerprint density at radius 3 is 2.43 bits per heavy atom. The van der Waals surface area contributed by atoms with Gasteiger partial charge < -0.3 is 11.1 Å². The second kappa shape index (κ2) is 6.37. The van der Waals surface area contributed by atoms with Crippen LogP contribution in [-0.4, -0.2) is 18.1 Å². The van der Waals surface area contributed by atoms with Gasteiger partial charge in [-0.1, -0.05) is 24.4 Å². The third-order valence-corrected chi connectivity index (χ3v) is 3.35. The summed E-state index contributed by atoms with van der Waals surface area (Å²) in [6.07, 6.45) is 0. The van der Waals surface area contributed by atoms with Crippen LogP contribution >= 0.6 is 12.2 Å². The smallest absolute Gasteiger partial charge is 0.326 e. The Morgan fingerprint density at radius 1 is 1.19 bits per heavy atom. The van der Waals surface area contributed by atoms with Crippen molar-refractivity contribution in [2.24, 2.45) is 5.73 Å². The number of anilines is 2. The molecule has 0 aliphatic carbocycles. The number of nitrogens with one attached hydrogen (secondary N) is 1. The van der Waals surface area contributed by atoms with Crippen LogP contribution in [0.25, 0.3) is 0 Å². The largest absolute Gasteiger partial charge is 0.389 e. The molecule has 3 N–H and O–H groups in total. The van der Waals surface area contributed by atoms with Crippen molar-refractivity contribution >= 4 is 34.6 Å². The average Bonchev–Trinajstić information content (AvgIpc) is 2.46. The van der Waals surface area contributed by atoms with E-state index in [0.717, 1.165) is 22.5 Å². The molecule has 2 rings (SSSR count). The average molecular weight is 299 g/mol. The fourth-order valence-electron chi connectivity index (χ4n) is 1.90. The fourth-order valence-corrected chi connectivity index (χ4v) is 2.03. The first-order chi connectivity index (χ1) is 9.97. The number of hydrogen-bond acceptors (Lipinski definition) is 2. The van der Waals surface area contributed by atoms with E-state index in [9.17, 15) is 4.79 Å². The molecule has 21 heavy (non-hydrogen) atoms. The molecule has 2 amide bonds. The van der Waals surface area contributed by atoms with Crippen LogP contribution in [0.1, 0.15) is 11.1 Å². The Morgan fingerprint density at radius 2 is 1.86 bits per heavy atom. The van der Waals surface area contributed by atoms with Crippen molar-refractivity contribution < 1.29 is 4.79 Å². The molecule has 0 radical (unpaired) electrons. The number of thiocarbonyl (C=S) groups is 1. The Balaban J connectivity index is 2.10. The number of carbonyl (C=O) groups excluding carboxylic acids is 1. The summed E-state index contributed by atoms with van der Waals surface area (Å²) in [5.74, 6) is 0. The molecule has 0 aliphatic heterocycles. The van der Waals surface area contributed by atoms with Gasteiger partial charge in [-0.2, -0.15) is 0 Å². The van der Waals surface area contributed by atoms with Crippen LogP contribution in [0.4, 0.5) is 16.2 Å². The summed E-state index contributed by atoms with van der Waals surface area (Å²) in [5.41, 5.74) is 8.96. The van der Waals surface area contributed by atoms with E-state index in [-0.39, 0.29) is 6.03 Å². The predicted molar refractivity (Wildman–Crippen MR) is 90.9 cm³/mol. The van der Waals surface area contributed by atoms with E-state index < -0.39 is 0 Å². The number of nitrogens with zero attached hydrogens (tertiary/aromatic N) is 1. The molecular formula is C16H17N3OS. The highest BCUT2D eigenvalue weighted by Gasteiger charge is 2.11. The van der Waals surface area contributed by atoms with Gasteiger partial charge in [0, 0.05) is 24.0 Å². The van der Waals surface area contributed by atoms with Crippen LogP contribution in [0, 0.1) is 6.92 Å². The summed E-state index contributed by atoms with van der Waals surface area (Å²) in [6, 6.07) is 14.7. The van der Waals surface area contributed by atoms with Gasteiger partial charge in [0.05, 0.1) is 0 Å². The molecule has 4 nitrogen and oxygen atoms in total. The highest BCUT2D eigenvalue weighted by Crippen LogP contribution is 2.16. The molecule has 0 saturated carbocycles. The van der Waals surface area contributed by atoms with Crippen molar-refractivity contribution in [1.29, 1.82) is 0 Å². The van der Waals surface area contributed by atoms with E-state index in [1.165, 1.54) is 4.90 Å². The number of aryl methyl sites for hydroxylation is 1. The summed E-state index contributed by atoms with van der Waals surface area (Å²) in [7, 11) is 1.71. The molecule has 108 valence electrons. The first-order valence-corrected chi connectivity index (χ1v) is 6.89. The minimum atomic E-state index is -0.205. The van der Waals surface area contributed by atoms with E-state index >= 15 is 0 Å². The van der Waals surface area contributed by atoms with Crippen molar-refractivity contribution in [1.82, 2.24) is 0 Å². The van der Waals surface area contributed by atoms with Crippen molar-refractivity contribution in [3.05, 3.63) is 59.7 Å². The van der Waals surface area contributed by atoms with Crippen molar-refractivity contribution in [2.75, 3.05) is 17.3 Å². The van der Waals surface area contributed by atoms with Crippen LogP contribution in [0.5, 0.6) is 0 Å². The minimum absolute atomic E-state index is 0.205. The van der Waals surface area contributed by atoms with Crippen LogP contribution in [0.2, 0.25) is 0 Å². The van der Waals surface area contributed by atoms with Crippen molar-refractivity contribution in [2.45, 2.75) is 6.92 Å². The first-order valence-electron chi connectivity index (χ1n) is 6.48. The van der Waals surface area contributed by atoms with Gasteiger partial charge in [-0.3, -0.25) is 4.90 Å². The third-order valence-electron chi connectivity index (χ3n) is 3.11. The van der Waals surface area contributed by atoms with Gasteiger partial charge >= 0.3 is 6.03 Å². The van der Waals surface area contributed by atoms with Gasteiger partial charge in [-0.15, -0.1) is 0 Å². The zero-order valence-electron chi connectivity index (χ0n) is 12.0. The SMILES string of the molecule is Cc1cccc(NC(=O)N(C)c2ccc(C(N)=S)cc2)c1. The molecule has 5 heteroatoms. The van der Waals surface area contributed by atoms with Gasteiger partial charge in [0.1, 0.15) is 4.99 Å². The van der Waals surface area contributed by atoms with Gasteiger partial charge in [-0.25, -0.2) is 4.79 Å². The lowest BCUT2D eigenvalue weighted by molar-refractivity contribution is 0.258. The number of urea groups is 1. The third kappa shape index (κ3) is 3.79. The maximum atomic E-state index is 12.2. The maximum Gasteiger partial charge on any atom is 0.326 e. The molecule has 0 bridgehead atoms. The molecule has 0 heterocycles. The van der Waals surface area contributed by atoms with Crippen LogP contribution < -0.4 is 16.0 Å². The number of rotatable bonds is 3. The zero-order chi connectivity index (χ0) is 15.4. The summed E-state index contributed by atoms with van der Waals surface area (Å²) < 4.78 is 0. The number of benzene rings is 2. The quantitative estimate of drug-likeness (QED) is 0.855. The van der Waals surface area contributed by atoms with E-state index in [1.807, 2.05) is 43.3 Å². The summed E-state index contributed by atoms with van der Waals surface area (Å²) >= 11 is 4.91. The van der Waals surface area contributed by atoms with Gasteiger partial charge in [-0.05, 0) is 48.9 Å². The zero-order valence-corrected chi connectivity index (χ0v) is 12.8. The molecule has 0 unspecified atom stereocenters. The van der Waals surface area contributed by atoms with Crippen molar-refractivity contribution in [3.8, 4) is 0 Å². The number of amides is 2. The summed E-state index contributed by atoms with van der Waals surface area (Å²) in [4.78, 5) is 14.1. The lowest BCUT2D eigenvalue weighted by Gasteiger charge is -2.18. The molecule has 0 aliphatic rings. The molecule has 0 aromatic heterocycles. The molecule has 0 saturated heterocycles. The Kier molecular flexibility index (Phi) is 4.55. The predicted octanol–water partition coefficient (Wildman–Crippen LogP) is 3.30. The van der Waals surface area contributed by atoms with Gasteiger partial charge in [0.2, 0.25) is 0 Å². The van der Waals surface area contributed by atoms with E-state index in [1.54, 1.807) is 19.2 Å². The molecule has 0 spiro atoms. The van der Waals surface area contributed by atoms with E-state index in [0.29, 0.717) is 4.99 Å². The summed E-state index contributed by atoms with van der Waals surface area (Å²) in [6.45, 7) is 1.98. The van der Waals surface area contributed by atoms with Crippen molar-refractivity contribution in [3.63, 3.8) is 0 Å². The first kappa shape index (κ1) is 15.0.